The highest BCUT2D eigenvalue weighted by molar-refractivity contribution is 5.50. The average Bonchev–Trinajstić information content (AvgIpc) is 2.78. The topological polar surface area (TPSA) is 24.9 Å². The van der Waals surface area contributed by atoms with Crippen LogP contribution < -0.4 is 5.32 Å². The maximum atomic E-state index is 4.26. The van der Waals surface area contributed by atoms with Gasteiger partial charge in [0.25, 0.3) is 0 Å². The van der Waals surface area contributed by atoms with Gasteiger partial charge in [-0.3, -0.25) is 4.98 Å². The summed E-state index contributed by atoms with van der Waals surface area (Å²) in [6.07, 6.45) is 8.01. The highest BCUT2D eigenvalue weighted by atomic mass is 15.0. The number of anilines is 1. The molecule has 2 fully saturated rings. The molecule has 2 nitrogen and oxygen atoms in total. The Kier molecular flexibility index (Phi) is 2.48. The summed E-state index contributed by atoms with van der Waals surface area (Å²) in [5.74, 6) is 0.886. The van der Waals surface area contributed by atoms with Crippen LogP contribution in [0.5, 0.6) is 0 Å². The molecule has 0 spiro atoms. The van der Waals surface area contributed by atoms with Crippen molar-refractivity contribution in [1.29, 1.82) is 0 Å². The van der Waals surface area contributed by atoms with E-state index in [0.29, 0.717) is 16.9 Å². The molecule has 1 aromatic heterocycles. The summed E-state index contributed by atoms with van der Waals surface area (Å²) in [5, 5.41) is 3.81. The number of hydrogen-bond acceptors (Lipinski definition) is 2. The number of pyridine rings is 1. The van der Waals surface area contributed by atoms with Gasteiger partial charge in [-0.05, 0) is 54.6 Å². The Hall–Kier alpha value is -1.05. The Morgan fingerprint density at radius 2 is 2.11 bits per heavy atom. The second-order valence-electron chi connectivity index (χ2n) is 7.18. The summed E-state index contributed by atoms with van der Waals surface area (Å²) in [6, 6.07) is 2.66. The summed E-state index contributed by atoms with van der Waals surface area (Å²) in [7, 11) is 0. The van der Waals surface area contributed by atoms with E-state index in [-0.39, 0.29) is 0 Å². The van der Waals surface area contributed by atoms with Gasteiger partial charge in [0.2, 0.25) is 0 Å². The minimum absolute atomic E-state index is 0.398. The minimum Gasteiger partial charge on any atom is -0.380 e. The van der Waals surface area contributed by atoms with Crippen molar-refractivity contribution in [2.45, 2.75) is 53.0 Å². The van der Waals surface area contributed by atoms with Crippen LogP contribution in [0.1, 0.15) is 45.6 Å². The zero-order valence-electron chi connectivity index (χ0n) is 12.0. The Bertz CT molecular complexity index is 461. The van der Waals surface area contributed by atoms with Crippen LogP contribution >= 0.6 is 0 Å². The van der Waals surface area contributed by atoms with Crippen molar-refractivity contribution < 1.29 is 0 Å². The van der Waals surface area contributed by atoms with E-state index in [4.69, 9.17) is 0 Å². The van der Waals surface area contributed by atoms with Crippen LogP contribution in [-0.4, -0.2) is 11.0 Å². The SMILES string of the molecule is Cc1ccncc1NC1C(C)(C)[C@H]2CC[C@]1(C)C2. The number of nitrogens with one attached hydrogen (secondary N) is 1. The quantitative estimate of drug-likeness (QED) is 0.850. The standard InChI is InChI=1S/C16H24N2/c1-11-6-8-17-10-13(11)18-14-15(2,3)12-5-7-16(14,4)9-12/h6,8,10,12,14,18H,5,7,9H2,1-4H3/t12-,14?,16+/m0/s1. The van der Waals surface area contributed by atoms with Crippen molar-refractivity contribution in [3.05, 3.63) is 24.0 Å². The van der Waals surface area contributed by atoms with Crippen LogP contribution in [-0.2, 0) is 0 Å². The molecule has 1 N–H and O–H groups in total. The molecule has 3 rings (SSSR count). The van der Waals surface area contributed by atoms with E-state index in [1.807, 2.05) is 12.4 Å². The molecule has 1 unspecified atom stereocenters. The van der Waals surface area contributed by atoms with Crippen LogP contribution in [0.3, 0.4) is 0 Å². The van der Waals surface area contributed by atoms with E-state index in [9.17, 15) is 0 Å². The van der Waals surface area contributed by atoms with Crippen LogP contribution in [0.15, 0.2) is 18.5 Å². The lowest BCUT2D eigenvalue weighted by Gasteiger charge is -2.43. The van der Waals surface area contributed by atoms with Gasteiger partial charge in [0.1, 0.15) is 0 Å². The number of rotatable bonds is 2. The molecule has 0 radical (unpaired) electrons. The largest absolute Gasteiger partial charge is 0.380 e. The fourth-order valence-electron chi connectivity index (χ4n) is 4.43. The molecule has 2 saturated carbocycles. The lowest BCUT2D eigenvalue weighted by Crippen LogP contribution is -2.45. The molecule has 2 aliphatic carbocycles. The van der Waals surface area contributed by atoms with Crippen molar-refractivity contribution >= 4 is 5.69 Å². The summed E-state index contributed by atoms with van der Waals surface area (Å²) in [4.78, 5) is 4.26. The summed E-state index contributed by atoms with van der Waals surface area (Å²) < 4.78 is 0. The van der Waals surface area contributed by atoms with Crippen molar-refractivity contribution in [2.24, 2.45) is 16.7 Å². The molecule has 0 aliphatic heterocycles. The minimum atomic E-state index is 0.398. The highest BCUT2D eigenvalue weighted by Gasteiger charge is 2.59. The molecule has 2 heteroatoms. The molecule has 0 amide bonds. The van der Waals surface area contributed by atoms with Gasteiger partial charge in [0, 0.05) is 12.2 Å². The summed E-state index contributed by atoms with van der Waals surface area (Å²) in [6.45, 7) is 9.49. The Morgan fingerprint density at radius 3 is 2.72 bits per heavy atom. The van der Waals surface area contributed by atoms with E-state index >= 15 is 0 Å². The lowest BCUT2D eigenvalue weighted by atomic mass is 9.68. The van der Waals surface area contributed by atoms with Crippen molar-refractivity contribution in [1.82, 2.24) is 4.98 Å². The first-order valence-electron chi connectivity index (χ1n) is 7.11. The Labute approximate surface area is 110 Å². The van der Waals surface area contributed by atoms with Gasteiger partial charge >= 0.3 is 0 Å². The van der Waals surface area contributed by atoms with Gasteiger partial charge < -0.3 is 5.32 Å². The zero-order chi connectivity index (χ0) is 13.0. The van der Waals surface area contributed by atoms with Crippen LogP contribution in [0, 0.1) is 23.7 Å². The number of hydrogen-bond donors (Lipinski definition) is 1. The fraction of sp³-hybridized carbons (Fsp3) is 0.688. The molecule has 2 aliphatic rings. The number of aromatic nitrogens is 1. The normalized spacial score (nSPS) is 36.9. The molecule has 0 saturated heterocycles. The molecule has 2 bridgehead atoms. The fourth-order valence-corrected chi connectivity index (χ4v) is 4.43. The van der Waals surface area contributed by atoms with Gasteiger partial charge in [0.15, 0.2) is 0 Å². The van der Waals surface area contributed by atoms with E-state index in [2.05, 4.69) is 44.1 Å². The molecule has 1 aromatic rings. The van der Waals surface area contributed by atoms with Crippen LogP contribution in [0.2, 0.25) is 0 Å². The first kappa shape index (κ1) is 12.0. The first-order chi connectivity index (χ1) is 8.43. The number of fused-ring (bicyclic) bond motifs is 2. The highest BCUT2D eigenvalue weighted by Crippen LogP contribution is 2.63. The molecule has 18 heavy (non-hydrogen) atoms. The molecule has 1 heterocycles. The third kappa shape index (κ3) is 1.58. The number of nitrogens with zero attached hydrogens (tertiary/aromatic N) is 1. The van der Waals surface area contributed by atoms with Gasteiger partial charge in [-0.25, -0.2) is 0 Å². The predicted molar refractivity (Wildman–Crippen MR) is 75.6 cm³/mol. The van der Waals surface area contributed by atoms with E-state index in [1.165, 1.54) is 30.5 Å². The lowest BCUT2D eigenvalue weighted by molar-refractivity contribution is 0.155. The third-order valence-corrected chi connectivity index (χ3v) is 5.61. The van der Waals surface area contributed by atoms with Gasteiger partial charge in [-0.1, -0.05) is 20.8 Å². The molecule has 3 atom stereocenters. The first-order valence-corrected chi connectivity index (χ1v) is 7.11. The van der Waals surface area contributed by atoms with Gasteiger partial charge in [0.05, 0.1) is 11.9 Å². The Balaban J connectivity index is 1.91. The smallest absolute Gasteiger partial charge is 0.0558 e. The summed E-state index contributed by atoms with van der Waals surface area (Å²) in [5.41, 5.74) is 3.38. The average molecular weight is 244 g/mol. The van der Waals surface area contributed by atoms with Gasteiger partial charge in [-0.15, -0.1) is 0 Å². The van der Waals surface area contributed by atoms with E-state index < -0.39 is 0 Å². The van der Waals surface area contributed by atoms with Crippen molar-refractivity contribution in [3.63, 3.8) is 0 Å². The molecule has 0 aromatic carbocycles. The van der Waals surface area contributed by atoms with Crippen LogP contribution in [0.4, 0.5) is 5.69 Å². The molecular formula is C16H24N2. The Morgan fingerprint density at radius 1 is 1.33 bits per heavy atom. The maximum Gasteiger partial charge on any atom is 0.0558 e. The maximum absolute atomic E-state index is 4.26. The second kappa shape index (κ2) is 3.72. The monoisotopic (exact) mass is 244 g/mol. The number of aryl methyl sites for hydroxylation is 1. The van der Waals surface area contributed by atoms with Crippen molar-refractivity contribution in [2.75, 3.05) is 5.32 Å². The van der Waals surface area contributed by atoms with E-state index in [1.54, 1.807) is 0 Å². The molecular weight excluding hydrogens is 220 g/mol. The third-order valence-electron chi connectivity index (χ3n) is 5.61. The zero-order valence-corrected chi connectivity index (χ0v) is 12.0. The second-order valence-corrected chi connectivity index (χ2v) is 7.18. The van der Waals surface area contributed by atoms with Crippen LogP contribution in [0.25, 0.3) is 0 Å². The molecule has 98 valence electrons. The summed E-state index contributed by atoms with van der Waals surface area (Å²) >= 11 is 0. The predicted octanol–water partition coefficient (Wildman–Crippen LogP) is 4.02. The van der Waals surface area contributed by atoms with Crippen molar-refractivity contribution in [3.8, 4) is 0 Å². The van der Waals surface area contributed by atoms with Gasteiger partial charge in [-0.2, -0.15) is 0 Å². The van der Waals surface area contributed by atoms with E-state index in [0.717, 1.165) is 5.92 Å².